The minimum Gasteiger partial charge on any atom is -0.465 e. The number of hydrogen-bond acceptors (Lipinski definition) is 3. The van der Waals surface area contributed by atoms with Gasteiger partial charge >= 0.3 is 5.97 Å². The third kappa shape index (κ3) is 3.75. The molecule has 4 nitrogen and oxygen atoms in total. The first-order valence-electron chi connectivity index (χ1n) is 6.06. The topological polar surface area (TPSA) is 55.4 Å². The first kappa shape index (κ1) is 16.7. The highest BCUT2D eigenvalue weighted by Gasteiger charge is 2.14. The minimum atomic E-state index is -0.811. The summed E-state index contributed by atoms with van der Waals surface area (Å²) in [6.07, 6.45) is 0. The van der Waals surface area contributed by atoms with Crippen LogP contribution in [-0.2, 0) is 4.74 Å². The maximum absolute atomic E-state index is 13.5. The molecule has 0 atom stereocenters. The molecule has 0 saturated heterocycles. The van der Waals surface area contributed by atoms with Crippen molar-refractivity contribution >= 4 is 51.8 Å². The molecule has 1 N–H and O–H groups in total. The van der Waals surface area contributed by atoms with Crippen LogP contribution < -0.4 is 5.32 Å². The Bertz CT molecular complexity index is 752. The van der Waals surface area contributed by atoms with Crippen molar-refractivity contribution in [1.29, 1.82) is 0 Å². The van der Waals surface area contributed by atoms with E-state index in [1.54, 1.807) is 18.2 Å². The van der Waals surface area contributed by atoms with Gasteiger partial charge in [-0.3, -0.25) is 4.79 Å². The molecular weight excluding hydrogens is 424 g/mol. The second kappa shape index (κ2) is 7.06. The van der Waals surface area contributed by atoms with Crippen molar-refractivity contribution in [3.05, 3.63) is 61.9 Å². The predicted molar refractivity (Wildman–Crippen MR) is 89.9 cm³/mol. The molecule has 0 radical (unpaired) electrons. The predicted octanol–water partition coefficient (Wildman–Crippen LogP) is 4.12. The highest BCUT2D eigenvalue weighted by molar-refractivity contribution is 14.1. The molecule has 0 aromatic heterocycles. The molecule has 2 aromatic rings. The summed E-state index contributed by atoms with van der Waals surface area (Å²) in [5, 5.41) is 3.14. The molecule has 0 heterocycles. The van der Waals surface area contributed by atoms with E-state index in [0.717, 1.165) is 16.7 Å². The summed E-state index contributed by atoms with van der Waals surface area (Å²) in [6, 6.07) is 8.49. The van der Waals surface area contributed by atoms with E-state index in [1.807, 2.05) is 22.6 Å². The van der Waals surface area contributed by atoms with Gasteiger partial charge in [0.25, 0.3) is 5.91 Å². The normalized spacial score (nSPS) is 10.2. The Morgan fingerprint density at radius 1 is 1.23 bits per heavy atom. The van der Waals surface area contributed by atoms with Crippen LogP contribution >= 0.6 is 34.2 Å². The lowest BCUT2D eigenvalue weighted by atomic mass is 10.1. The van der Waals surface area contributed by atoms with Gasteiger partial charge in [0.05, 0.1) is 17.7 Å². The first-order valence-corrected chi connectivity index (χ1v) is 7.52. The van der Waals surface area contributed by atoms with Crippen LogP contribution in [0.4, 0.5) is 10.1 Å². The lowest BCUT2D eigenvalue weighted by Crippen LogP contribution is -2.13. The summed E-state index contributed by atoms with van der Waals surface area (Å²) in [4.78, 5) is 23.6. The number of carbonyl (C=O) groups excluding carboxylic acids is 2. The Morgan fingerprint density at radius 2 is 1.95 bits per heavy atom. The zero-order chi connectivity index (χ0) is 16.3. The average molecular weight is 434 g/mol. The summed E-state index contributed by atoms with van der Waals surface area (Å²) in [5.74, 6) is -1.92. The van der Waals surface area contributed by atoms with Crippen LogP contribution in [0.5, 0.6) is 0 Å². The summed E-state index contributed by atoms with van der Waals surface area (Å²) in [7, 11) is 1.16. The number of anilines is 1. The van der Waals surface area contributed by atoms with E-state index < -0.39 is 17.7 Å². The van der Waals surface area contributed by atoms with Crippen molar-refractivity contribution in [1.82, 2.24) is 0 Å². The number of hydrogen-bond donors (Lipinski definition) is 1. The van der Waals surface area contributed by atoms with Gasteiger partial charge < -0.3 is 10.1 Å². The smallest absolute Gasteiger partial charge is 0.340 e. The molecule has 7 heteroatoms. The van der Waals surface area contributed by atoms with E-state index in [4.69, 9.17) is 11.6 Å². The number of nitrogens with one attached hydrogen (secondary N) is 1. The van der Waals surface area contributed by atoms with E-state index in [2.05, 4.69) is 10.1 Å². The van der Waals surface area contributed by atoms with Crippen LogP contribution in [0.15, 0.2) is 36.4 Å². The monoisotopic (exact) mass is 433 g/mol. The van der Waals surface area contributed by atoms with Gasteiger partial charge in [-0.25, -0.2) is 9.18 Å². The van der Waals surface area contributed by atoms with E-state index in [1.165, 1.54) is 12.1 Å². The van der Waals surface area contributed by atoms with Gasteiger partial charge in [0, 0.05) is 14.8 Å². The van der Waals surface area contributed by atoms with Crippen molar-refractivity contribution in [2.75, 3.05) is 12.4 Å². The number of benzene rings is 2. The molecule has 1 amide bonds. The maximum atomic E-state index is 13.5. The minimum absolute atomic E-state index is 0.244. The Hall–Kier alpha value is -1.67. The van der Waals surface area contributed by atoms with Gasteiger partial charge in [-0.15, -0.1) is 0 Å². The second-order valence-corrected chi connectivity index (χ2v) is 5.84. The van der Waals surface area contributed by atoms with Gasteiger partial charge in [0.1, 0.15) is 5.82 Å². The Morgan fingerprint density at radius 3 is 2.59 bits per heavy atom. The highest BCUT2D eigenvalue weighted by Crippen LogP contribution is 2.21. The van der Waals surface area contributed by atoms with Crippen LogP contribution in [0.1, 0.15) is 20.7 Å². The number of halogens is 3. The van der Waals surface area contributed by atoms with Crippen LogP contribution in [0, 0.1) is 9.39 Å². The lowest BCUT2D eigenvalue weighted by molar-refractivity contribution is 0.0595. The third-order valence-electron chi connectivity index (χ3n) is 2.81. The fourth-order valence-electron chi connectivity index (χ4n) is 1.71. The van der Waals surface area contributed by atoms with Crippen LogP contribution in [0.2, 0.25) is 5.02 Å². The Balaban J connectivity index is 2.24. The van der Waals surface area contributed by atoms with Crippen molar-refractivity contribution < 1.29 is 18.7 Å². The average Bonchev–Trinajstić information content (AvgIpc) is 2.51. The van der Waals surface area contributed by atoms with E-state index in [-0.39, 0.29) is 11.3 Å². The molecule has 2 rings (SSSR count). The van der Waals surface area contributed by atoms with Gasteiger partial charge in [-0.05, 0) is 59.0 Å². The zero-order valence-electron chi connectivity index (χ0n) is 11.3. The Labute approximate surface area is 144 Å². The van der Waals surface area contributed by atoms with Crippen LogP contribution in [0.3, 0.4) is 0 Å². The van der Waals surface area contributed by atoms with Gasteiger partial charge in [-0.2, -0.15) is 0 Å². The molecular formula is C15H10ClFINO3. The van der Waals surface area contributed by atoms with Crippen molar-refractivity contribution in [2.24, 2.45) is 0 Å². The summed E-state index contributed by atoms with van der Waals surface area (Å²) in [6.45, 7) is 0. The van der Waals surface area contributed by atoms with E-state index in [9.17, 15) is 14.0 Å². The molecule has 114 valence electrons. The second-order valence-electron chi connectivity index (χ2n) is 4.27. The summed E-state index contributed by atoms with van der Waals surface area (Å²) in [5.41, 5.74) is 0.445. The van der Waals surface area contributed by atoms with Crippen molar-refractivity contribution in [3.63, 3.8) is 0 Å². The van der Waals surface area contributed by atoms with Crippen molar-refractivity contribution in [3.8, 4) is 0 Å². The van der Waals surface area contributed by atoms with E-state index >= 15 is 0 Å². The number of ether oxygens (including phenoxy) is 1. The third-order valence-corrected chi connectivity index (χ3v) is 4.35. The summed E-state index contributed by atoms with van der Waals surface area (Å²) < 4.78 is 18.8. The Kier molecular flexibility index (Phi) is 5.36. The SMILES string of the molecule is COC(=O)c1cc(NC(=O)c2ccc(Cl)c(I)c2)ccc1F. The number of methoxy groups -OCH3 is 1. The standard InChI is InChI=1S/C15H10ClFINO3/c1-22-15(21)10-7-9(3-5-12(10)17)19-14(20)8-2-4-11(16)13(18)6-8/h2-7H,1H3,(H,19,20). The van der Waals surface area contributed by atoms with Gasteiger partial charge in [0.2, 0.25) is 0 Å². The molecule has 0 saturated carbocycles. The molecule has 0 aliphatic heterocycles. The number of rotatable bonds is 3. The van der Waals surface area contributed by atoms with E-state index in [0.29, 0.717) is 10.6 Å². The fraction of sp³-hybridized carbons (Fsp3) is 0.0667. The molecule has 2 aromatic carbocycles. The fourth-order valence-corrected chi connectivity index (χ4v) is 2.34. The molecule has 0 aliphatic rings. The number of amides is 1. The summed E-state index contributed by atoms with van der Waals surface area (Å²) >= 11 is 7.92. The molecule has 0 aliphatic carbocycles. The highest BCUT2D eigenvalue weighted by atomic mass is 127. The molecule has 0 fully saturated rings. The number of esters is 1. The van der Waals surface area contributed by atoms with Gasteiger partial charge in [-0.1, -0.05) is 11.6 Å². The molecule has 0 bridgehead atoms. The number of carbonyl (C=O) groups is 2. The maximum Gasteiger partial charge on any atom is 0.340 e. The lowest BCUT2D eigenvalue weighted by Gasteiger charge is -2.08. The quantitative estimate of drug-likeness (QED) is 0.585. The zero-order valence-corrected chi connectivity index (χ0v) is 14.2. The van der Waals surface area contributed by atoms with Crippen molar-refractivity contribution in [2.45, 2.75) is 0 Å². The van der Waals surface area contributed by atoms with Crippen LogP contribution in [0.25, 0.3) is 0 Å². The molecule has 0 unspecified atom stereocenters. The largest absolute Gasteiger partial charge is 0.465 e. The van der Waals surface area contributed by atoms with Gasteiger partial charge in [0.15, 0.2) is 0 Å². The molecule has 0 spiro atoms. The first-order chi connectivity index (χ1) is 10.4. The molecule has 22 heavy (non-hydrogen) atoms. The van der Waals surface area contributed by atoms with Crippen LogP contribution in [-0.4, -0.2) is 19.0 Å².